The van der Waals surface area contributed by atoms with Gasteiger partial charge in [0.25, 0.3) is 0 Å². The molecule has 0 radical (unpaired) electrons. The Hall–Kier alpha value is -3.37. The zero-order valence-corrected chi connectivity index (χ0v) is 21.4. The van der Waals surface area contributed by atoms with Gasteiger partial charge in [-0.05, 0) is 48.2 Å². The van der Waals surface area contributed by atoms with Gasteiger partial charge in [-0.15, -0.1) is 0 Å². The molecule has 2 aromatic heterocycles. The number of sulfone groups is 1. The minimum atomic E-state index is -3.19. The maximum atomic E-state index is 12.2. The number of nitrogens with zero attached hydrogens (tertiary/aromatic N) is 3. The average molecular weight is 510 g/mol. The van der Waals surface area contributed by atoms with Gasteiger partial charge in [0.05, 0.1) is 30.0 Å². The second kappa shape index (κ2) is 10.3. The van der Waals surface area contributed by atoms with E-state index in [1.807, 2.05) is 36.7 Å². The maximum Gasteiger partial charge on any atom is 0.237 e. The van der Waals surface area contributed by atoms with Crippen LogP contribution in [0.1, 0.15) is 22.3 Å². The average Bonchev–Trinajstić information content (AvgIpc) is 2.88. The molecule has 36 heavy (non-hydrogen) atoms. The third kappa shape index (κ3) is 5.39. The van der Waals surface area contributed by atoms with Crippen LogP contribution in [0.3, 0.4) is 0 Å². The van der Waals surface area contributed by atoms with Crippen LogP contribution in [0, 0.1) is 6.92 Å². The number of aromatic nitrogens is 2. The fourth-order valence-corrected chi connectivity index (χ4v) is 5.88. The first-order chi connectivity index (χ1) is 17.4. The second-order valence-corrected chi connectivity index (χ2v) is 11.3. The summed E-state index contributed by atoms with van der Waals surface area (Å²) in [7, 11) is -1.69. The van der Waals surface area contributed by atoms with Crippen LogP contribution >= 0.6 is 0 Å². The molecule has 0 amide bonds. The summed E-state index contributed by atoms with van der Waals surface area (Å²) in [6, 6.07) is 9.51. The Morgan fingerprint density at radius 3 is 2.81 bits per heavy atom. The van der Waals surface area contributed by atoms with Crippen LogP contribution in [0.2, 0.25) is 0 Å². The largest absolute Gasteiger partial charge is 0.474 e. The van der Waals surface area contributed by atoms with Crippen LogP contribution in [-0.4, -0.2) is 57.6 Å². The topological polar surface area (TPSA) is 106 Å². The Labute approximate surface area is 211 Å². The van der Waals surface area contributed by atoms with Crippen molar-refractivity contribution >= 4 is 32.7 Å². The molecule has 2 aliphatic heterocycles. The van der Waals surface area contributed by atoms with E-state index in [1.54, 1.807) is 0 Å². The van der Waals surface area contributed by atoms with Gasteiger partial charge in [0.1, 0.15) is 18.1 Å². The summed E-state index contributed by atoms with van der Waals surface area (Å²) in [5.74, 6) is 1.45. The Balaban J connectivity index is 1.28. The van der Waals surface area contributed by atoms with Crippen LogP contribution in [0.5, 0.6) is 5.88 Å². The molecule has 0 atom stereocenters. The van der Waals surface area contributed by atoms with E-state index in [4.69, 9.17) is 9.47 Å². The van der Waals surface area contributed by atoms with E-state index in [9.17, 15) is 8.42 Å². The Morgan fingerprint density at radius 1 is 1.17 bits per heavy atom. The number of rotatable bonds is 8. The number of hydrogen-bond donors (Lipinski definition) is 2. The number of methoxy groups -OCH3 is 1. The Morgan fingerprint density at radius 2 is 2.00 bits per heavy atom. The smallest absolute Gasteiger partial charge is 0.237 e. The summed E-state index contributed by atoms with van der Waals surface area (Å²) in [6.45, 7) is 5.41. The molecule has 0 aliphatic carbocycles. The predicted octanol–water partition coefficient (Wildman–Crippen LogP) is 3.46. The van der Waals surface area contributed by atoms with Crippen molar-refractivity contribution in [1.29, 1.82) is 0 Å². The predicted molar refractivity (Wildman–Crippen MR) is 141 cm³/mol. The fourth-order valence-electron chi connectivity index (χ4n) is 4.61. The summed E-state index contributed by atoms with van der Waals surface area (Å²) in [6.07, 6.45) is 4.76. The molecule has 0 fully saturated rings. The zero-order valence-electron chi connectivity index (χ0n) is 20.6. The van der Waals surface area contributed by atoms with Gasteiger partial charge in [-0.25, -0.2) is 18.4 Å². The molecule has 0 unspecified atom stereocenters. The lowest BCUT2D eigenvalue weighted by atomic mass is 10.0. The van der Waals surface area contributed by atoms with E-state index >= 15 is 0 Å². The monoisotopic (exact) mass is 509 g/mol. The minimum Gasteiger partial charge on any atom is -0.474 e. The molecule has 3 aromatic rings. The SMILES string of the molecule is COCCS(=O)(=O)Cc1ccc(Nc2cc3c(cn2)CCN(c2cnc4c(c2C)NCCO4)C3)cc1. The number of anilines is 4. The molecular weight excluding hydrogens is 478 g/mol. The van der Waals surface area contributed by atoms with Crippen molar-refractivity contribution in [3.8, 4) is 5.88 Å². The summed E-state index contributed by atoms with van der Waals surface area (Å²) in [5.41, 5.74) is 7.32. The van der Waals surface area contributed by atoms with E-state index < -0.39 is 9.84 Å². The van der Waals surface area contributed by atoms with Crippen LogP contribution in [0.4, 0.5) is 22.9 Å². The Bertz CT molecular complexity index is 1350. The number of hydrogen-bond acceptors (Lipinski definition) is 9. The molecule has 0 saturated heterocycles. The molecule has 0 bridgehead atoms. The summed E-state index contributed by atoms with van der Waals surface area (Å²) in [5, 5.41) is 6.77. The normalized spacial score (nSPS) is 14.9. The first-order valence-electron chi connectivity index (χ1n) is 12.1. The lowest BCUT2D eigenvalue weighted by Gasteiger charge is -2.33. The van der Waals surface area contributed by atoms with Gasteiger partial charge >= 0.3 is 0 Å². The van der Waals surface area contributed by atoms with Crippen molar-refractivity contribution in [1.82, 2.24) is 9.97 Å². The highest BCUT2D eigenvalue weighted by Crippen LogP contribution is 2.36. The van der Waals surface area contributed by atoms with Gasteiger partial charge in [-0.3, -0.25) is 0 Å². The molecule has 1 aromatic carbocycles. The standard InChI is InChI=1S/C26H31N5O4S/c1-18-23(15-29-26-25(18)27-8-10-35-26)31-9-7-20-14-28-24(13-21(20)16-31)30-22-5-3-19(4-6-22)17-36(32,33)12-11-34-2/h3-6,13-15,27H,7-12,16-17H2,1-2H3,(H,28,30). The third-order valence-corrected chi connectivity index (χ3v) is 8.13. The first-order valence-corrected chi connectivity index (χ1v) is 13.9. The van der Waals surface area contributed by atoms with Crippen molar-refractivity contribution in [3.05, 3.63) is 65.0 Å². The van der Waals surface area contributed by atoms with Crippen molar-refractivity contribution in [2.75, 3.05) is 54.7 Å². The quantitative estimate of drug-likeness (QED) is 0.472. The maximum absolute atomic E-state index is 12.2. The van der Waals surface area contributed by atoms with Crippen LogP contribution in [-0.2, 0) is 33.3 Å². The van der Waals surface area contributed by atoms with Crippen LogP contribution < -0.4 is 20.3 Å². The summed E-state index contributed by atoms with van der Waals surface area (Å²) in [4.78, 5) is 11.5. The number of ether oxygens (including phenoxy) is 2. The molecule has 0 saturated carbocycles. The highest BCUT2D eigenvalue weighted by atomic mass is 32.2. The van der Waals surface area contributed by atoms with E-state index in [0.717, 1.165) is 60.1 Å². The molecule has 190 valence electrons. The molecule has 0 spiro atoms. The van der Waals surface area contributed by atoms with Gasteiger partial charge in [0.15, 0.2) is 9.84 Å². The molecule has 4 heterocycles. The third-order valence-electron chi connectivity index (χ3n) is 6.57. The number of fused-ring (bicyclic) bond motifs is 2. The summed E-state index contributed by atoms with van der Waals surface area (Å²) >= 11 is 0. The van der Waals surface area contributed by atoms with Gasteiger partial charge in [0, 0.05) is 44.2 Å². The highest BCUT2D eigenvalue weighted by molar-refractivity contribution is 7.90. The van der Waals surface area contributed by atoms with Crippen molar-refractivity contribution in [3.63, 3.8) is 0 Å². The lowest BCUT2D eigenvalue weighted by molar-refractivity contribution is 0.217. The first kappa shape index (κ1) is 24.3. The molecule has 10 heteroatoms. The van der Waals surface area contributed by atoms with E-state index in [2.05, 4.69) is 38.5 Å². The Kier molecular flexibility index (Phi) is 6.97. The number of pyridine rings is 2. The van der Waals surface area contributed by atoms with Gasteiger partial charge in [0.2, 0.25) is 5.88 Å². The van der Waals surface area contributed by atoms with Crippen molar-refractivity contribution in [2.45, 2.75) is 25.6 Å². The van der Waals surface area contributed by atoms with Crippen molar-refractivity contribution in [2.24, 2.45) is 0 Å². The molecule has 5 rings (SSSR count). The van der Waals surface area contributed by atoms with E-state index in [-0.39, 0.29) is 18.1 Å². The zero-order chi connectivity index (χ0) is 25.1. The summed E-state index contributed by atoms with van der Waals surface area (Å²) < 4.78 is 34.9. The second-order valence-electron chi connectivity index (χ2n) is 9.14. The molecule has 9 nitrogen and oxygen atoms in total. The van der Waals surface area contributed by atoms with E-state index in [0.29, 0.717) is 12.5 Å². The fraction of sp³-hybridized carbons (Fsp3) is 0.385. The number of benzene rings is 1. The molecule has 2 N–H and O–H groups in total. The molecule has 2 aliphatic rings. The van der Waals surface area contributed by atoms with E-state index in [1.165, 1.54) is 18.2 Å². The van der Waals surface area contributed by atoms with Gasteiger partial charge in [-0.1, -0.05) is 12.1 Å². The lowest BCUT2D eigenvalue weighted by Crippen LogP contribution is -2.32. The van der Waals surface area contributed by atoms with Crippen LogP contribution in [0.15, 0.2) is 42.7 Å². The van der Waals surface area contributed by atoms with Gasteiger partial charge in [-0.2, -0.15) is 0 Å². The van der Waals surface area contributed by atoms with Crippen LogP contribution in [0.25, 0.3) is 0 Å². The number of nitrogens with one attached hydrogen (secondary N) is 2. The van der Waals surface area contributed by atoms with Crippen molar-refractivity contribution < 1.29 is 17.9 Å². The molecular formula is C26H31N5O4S. The van der Waals surface area contributed by atoms with Gasteiger partial charge < -0.3 is 25.0 Å². The minimum absolute atomic E-state index is 0.00217. The highest BCUT2D eigenvalue weighted by Gasteiger charge is 2.23.